The number of hydrogen-bond acceptors (Lipinski definition) is 5. The van der Waals surface area contributed by atoms with Crippen LogP contribution >= 0.6 is 0 Å². The van der Waals surface area contributed by atoms with Crippen LogP contribution in [0.4, 0.5) is 17.5 Å². The third kappa shape index (κ3) is 3.36. The molecule has 1 fully saturated rings. The molecule has 0 amide bonds. The Morgan fingerprint density at radius 3 is 2.45 bits per heavy atom. The number of anilines is 3. The second-order valence-electron chi connectivity index (χ2n) is 5.92. The van der Waals surface area contributed by atoms with Gasteiger partial charge in [0.15, 0.2) is 0 Å². The number of benzene rings is 1. The second-order valence-corrected chi connectivity index (χ2v) is 5.92. The number of likely N-dealkylation sites (N-methyl/N-ethyl adjacent to an activating group) is 1. The first kappa shape index (κ1) is 14.8. The van der Waals surface area contributed by atoms with Gasteiger partial charge >= 0.3 is 0 Å². The Morgan fingerprint density at radius 2 is 1.73 bits per heavy atom. The van der Waals surface area contributed by atoms with Gasteiger partial charge in [-0.2, -0.15) is 4.98 Å². The zero-order valence-electron chi connectivity index (χ0n) is 13.5. The van der Waals surface area contributed by atoms with Crippen molar-refractivity contribution in [1.82, 2.24) is 14.9 Å². The van der Waals surface area contributed by atoms with Gasteiger partial charge in [0.25, 0.3) is 0 Å². The summed E-state index contributed by atoms with van der Waals surface area (Å²) in [6.45, 7) is 8.17. The summed E-state index contributed by atoms with van der Waals surface area (Å²) in [4.78, 5) is 13.9. The van der Waals surface area contributed by atoms with Crippen LogP contribution in [0.25, 0.3) is 0 Å². The van der Waals surface area contributed by atoms with Gasteiger partial charge in [0.2, 0.25) is 5.95 Å². The minimum Gasteiger partial charge on any atom is -0.340 e. The van der Waals surface area contributed by atoms with E-state index in [2.05, 4.69) is 46.2 Å². The predicted octanol–water partition coefficient (Wildman–Crippen LogP) is 2.59. The van der Waals surface area contributed by atoms with Crippen LogP contribution < -0.4 is 10.2 Å². The summed E-state index contributed by atoms with van der Waals surface area (Å²) in [6.07, 6.45) is 0. The zero-order chi connectivity index (χ0) is 15.5. The summed E-state index contributed by atoms with van der Waals surface area (Å²) in [5.41, 5.74) is 3.28. The maximum Gasteiger partial charge on any atom is 0.227 e. The Labute approximate surface area is 132 Å². The van der Waals surface area contributed by atoms with Crippen LogP contribution in [0.15, 0.2) is 30.3 Å². The Kier molecular flexibility index (Phi) is 4.24. The molecule has 2 heterocycles. The lowest BCUT2D eigenvalue weighted by atomic mass is 10.2. The monoisotopic (exact) mass is 297 g/mol. The van der Waals surface area contributed by atoms with Crippen molar-refractivity contribution in [3.05, 3.63) is 41.6 Å². The summed E-state index contributed by atoms with van der Waals surface area (Å²) in [6, 6.07) is 10.2. The molecule has 1 N–H and O–H groups in total. The van der Waals surface area contributed by atoms with Crippen LogP contribution in [0.5, 0.6) is 0 Å². The van der Waals surface area contributed by atoms with E-state index in [1.54, 1.807) is 0 Å². The molecule has 0 atom stereocenters. The van der Waals surface area contributed by atoms with Crippen molar-refractivity contribution in [3.63, 3.8) is 0 Å². The van der Waals surface area contributed by atoms with E-state index in [-0.39, 0.29) is 0 Å². The normalized spacial score (nSPS) is 15.9. The molecule has 1 aliphatic rings. The minimum atomic E-state index is 0.823. The first-order valence-electron chi connectivity index (χ1n) is 7.73. The van der Waals surface area contributed by atoms with E-state index in [9.17, 15) is 0 Å². The lowest BCUT2D eigenvalue weighted by molar-refractivity contribution is 0.311. The van der Waals surface area contributed by atoms with E-state index in [0.29, 0.717) is 0 Å². The molecule has 5 nitrogen and oxygen atoms in total. The first-order valence-corrected chi connectivity index (χ1v) is 7.73. The number of aromatic nitrogens is 2. The van der Waals surface area contributed by atoms with Crippen molar-refractivity contribution in [2.24, 2.45) is 0 Å². The molecule has 1 aliphatic heterocycles. The molecule has 22 heavy (non-hydrogen) atoms. The Hall–Kier alpha value is -2.14. The molecule has 0 spiro atoms. The van der Waals surface area contributed by atoms with E-state index in [1.165, 1.54) is 5.56 Å². The van der Waals surface area contributed by atoms with Crippen LogP contribution in [-0.4, -0.2) is 48.1 Å². The molecule has 116 valence electrons. The van der Waals surface area contributed by atoms with Crippen LogP contribution in [0.1, 0.15) is 11.3 Å². The number of piperazine rings is 1. The highest BCUT2D eigenvalue weighted by Gasteiger charge is 2.17. The standard InChI is InChI=1S/C17H23N5/c1-13-6-4-5-7-15(13)19-16-12-14(2)18-17(20-16)22-10-8-21(3)9-11-22/h4-7,12H,8-11H2,1-3H3,(H,18,19,20). The maximum atomic E-state index is 4.70. The molecule has 0 saturated carbocycles. The summed E-state index contributed by atoms with van der Waals surface area (Å²) in [5.74, 6) is 1.68. The maximum absolute atomic E-state index is 4.70. The van der Waals surface area contributed by atoms with Gasteiger partial charge < -0.3 is 15.1 Å². The van der Waals surface area contributed by atoms with Gasteiger partial charge in [-0.25, -0.2) is 4.98 Å². The van der Waals surface area contributed by atoms with Crippen molar-refractivity contribution in [1.29, 1.82) is 0 Å². The molecular weight excluding hydrogens is 274 g/mol. The first-order chi connectivity index (χ1) is 10.6. The van der Waals surface area contributed by atoms with Crippen LogP contribution in [0.3, 0.4) is 0 Å². The molecule has 1 aromatic heterocycles. The highest BCUT2D eigenvalue weighted by atomic mass is 15.3. The number of nitrogens with one attached hydrogen (secondary N) is 1. The predicted molar refractivity (Wildman–Crippen MR) is 90.9 cm³/mol. The molecular formula is C17H23N5. The van der Waals surface area contributed by atoms with Crippen molar-refractivity contribution in [2.45, 2.75) is 13.8 Å². The van der Waals surface area contributed by atoms with E-state index in [1.807, 2.05) is 25.1 Å². The lowest BCUT2D eigenvalue weighted by Gasteiger charge is -2.32. The third-order valence-corrected chi connectivity index (χ3v) is 4.04. The molecule has 5 heteroatoms. The summed E-state index contributed by atoms with van der Waals surface area (Å²) in [7, 11) is 2.15. The topological polar surface area (TPSA) is 44.3 Å². The van der Waals surface area contributed by atoms with Crippen molar-refractivity contribution in [3.8, 4) is 0 Å². The third-order valence-electron chi connectivity index (χ3n) is 4.04. The quantitative estimate of drug-likeness (QED) is 0.943. The molecule has 0 aliphatic carbocycles. The van der Waals surface area contributed by atoms with Gasteiger partial charge in [-0.3, -0.25) is 0 Å². The smallest absolute Gasteiger partial charge is 0.227 e. The van der Waals surface area contributed by atoms with Crippen LogP contribution in [-0.2, 0) is 0 Å². The van der Waals surface area contributed by atoms with Gasteiger partial charge in [0.1, 0.15) is 5.82 Å². The summed E-state index contributed by atoms with van der Waals surface area (Å²) < 4.78 is 0. The van der Waals surface area contributed by atoms with E-state index in [4.69, 9.17) is 4.98 Å². The Balaban J connectivity index is 1.82. The van der Waals surface area contributed by atoms with E-state index >= 15 is 0 Å². The Bertz CT molecular complexity index is 647. The number of hydrogen-bond donors (Lipinski definition) is 1. The summed E-state index contributed by atoms with van der Waals surface area (Å²) >= 11 is 0. The fraction of sp³-hybridized carbons (Fsp3) is 0.412. The van der Waals surface area contributed by atoms with Gasteiger partial charge in [-0.1, -0.05) is 18.2 Å². The molecule has 0 radical (unpaired) electrons. The zero-order valence-corrected chi connectivity index (χ0v) is 13.5. The highest BCUT2D eigenvalue weighted by Crippen LogP contribution is 2.21. The average molecular weight is 297 g/mol. The number of nitrogens with zero attached hydrogens (tertiary/aromatic N) is 4. The number of para-hydroxylation sites is 1. The SMILES string of the molecule is Cc1cc(Nc2ccccc2C)nc(N2CCN(C)CC2)n1. The van der Waals surface area contributed by atoms with Gasteiger partial charge in [-0.15, -0.1) is 0 Å². The van der Waals surface area contributed by atoms with Crippen LogP contribution in [0.2, 0.25) is 0 Å². The number of rotatable bonds is 3. The van der Waals surface area contributed by atoms with Crippen molar-refractivity contribution in [2.75, 3.05) is 43.4 Å². The largest absolute Gasteiger partial charge is 0.340 e. The van der Waals surface area contributed by atoms with Crippen LogP contribution in [0, 0.1) is 13.8 Å². The molecule has 0 bridgehead atoms. The molecule has 1 aromatic carbocycles. The fourth-order valence-corrected chi connectivity index (χ4v) is 2.62. The number of aryl methyl sites for hydroxylation is 2. The van der Waals surface area contributed by atoms with Crippen molar-refractivity contribution >= 4 is 17.5 Å². The Morgan fingerprint density at radius 1 is 1.00 bits per heavy atom. The molecule has 0 unspecified atom stereocenters. The molecule has 2 aromatic rings. The van der Waals surface area contributed by atoms with Gasteiger partial charge in [0.05, 0.1) is 0 Å². The van der Waals surface area contributed by atoms with Crippen molar-refractivity contribution < 1.29 is 0 Å². The van der Waals surface area contributed by atoms with Gasteiger partial charge in [0, 0.05) is 43.6 Å². The lowest BCUT2D eigenvalue weighted by Crippen LogP contribution is -2.45. The van der Waals surface area contributed by atoms with Gasteiger partial charge in [-0.05, 0) is 32.5 Å². The molecule has 3 rings (SSSR count). The summed E-state index contributed by atoms with van der Waals surface area (Å²) in [5, 5.41) is 3.41. The van der Waals surface area contributed by atoms with E-state index in [0.717, 1.165) is 49.3 Å². The van der Waals surface area contributed by atoms with E-state index < -0.39 is 0 Å². The second kappa shape index (κ2) is 6.32. The minimum absolute atomic E-state index is 0.823. The highest BCUT2D eigenvalue weighted by molar-refractivity contribution is 5.61. The average Bonchev–Trinajstić information content (AvgIpc) is 2.50. The molecule has 1 saturated heterocycles. The fourth-order valence-electron chi connectivity index (χ4n) is 2.62.